The predicted molar refractivity (Wildman–Crippen MR) is 73.4 cm³/mol. The van der Waals surface area contributed by atoms with Crippen LogP contribution in [0.15, 0.2) is 0 Å². The number of aryl methyl sites for hydroxylation is 1. The van der Waals surface area contributed by atoms with Crippen molar-refractivity contribution in [2.45, 2.75) is 52.6 Å². The Hall–Kier alpha value is -1.63. The fourth-order valence-corrected chi connectivity index (χ4v) is 1.77. The summed E-state index contributed by atoms with van der Waals surface area (Å²) in [6.45, 7) is 9.06. The molecule has 1 atom stereocenters. The lowest BCUT2D eigenvalue weighted by Crippen LogP contribution is -2.39. The average Bonchev–Trinajstić information content (AvgIpc) is 2.66. The molecule has 0 aromatic carbocycles. The van der Waals surface area contributed by atoms with E-state index in [1.807, 2.05) is 27.7 Å². The zero-order valence-corrected chi connectivity index (χ0v) is 12.1. The van der Waals surface area contributed by atoms with E-state index >= 15 is 0 Å². The molecule has 0 aliphatic rings. The zero-order chi connectivity index (χ0) is 14.8. The molecular weight excluding hydrogens is 248 g/mol. The molecule has 0 aliphatic heterocycles. The number of nitrogens with one attached hydrogen (secondary N) is 1. The summed E-state index contributed by atoms with van der Waals surface area (Å²) in [6, 6.07) is -0.00491. The third kappa shape index (κ3) is 3.04. The van der Waals surface area contributed by atoms with Crippen LogP contribution < -0.4 is 5.32 Å². The summed E-state index contributed by atoms with van der Waals surface area (Å²) >= 11 is 0. The molecular formula is C12H22N4O3. The molecule has 1 unspecified atom stereocenters. The van der Waals surface area contributed by atoms with E-state index < -0.39 is 10.5 Å². The van der Waals surface area contributed by atoms with E-state index in [-0.39, 0.29) is 18.3 Å². The molecule has 0 spiro atoms. The van der Waals surface area contributed by atoms with Gasteiger partial charge >= 0.3 is 5.69 Å². The van der Waals surface area contributed by atoms with Crippen LogP contribution in [0.1, 0.15) is 45.9 Å². The second-order valence-electron chi connectivity index (χ2n) is 5.28. The highest BCUT2D eigenvalue weighted by molar-refractivity contribution is 5.61. The van der Waals surface area contributed by atoms with E-state index in [0.29, 0.717) is 17.9 Å². The van der Waals surface area contributed by atoms with Gasteiger partial charge in [0, 0.05) is 6.04 Å². The first-order chi connectivity index (χ1) is 8.75. The molecule has 1 aromatic rings. The quantitative estimate of drug-likeness (QED) is 0.611. The lowest BCUT2D eigenvalue weighted by Gasteiger charge is -2.28. The number of aromatic nitrogens is 2. The van der Waals surface area contributed by atoms with Gasteiger partial charge in [0.15, 0.2) is 0 Å². The minimum atomic E-state index is -0.607. The van der Waals surface area contributed by atoms with E-state index in [9.17, 15) is 15.2 Å². The number of nitro groups is 1. The highest BCUT2D eigenvalue weighted by Gasteiger charge is 2.31. The summed E-state index contributed by atoms with van der Waals surface area (Å²) in [7, 11) is 0. The number of anilines is 1. The third-order valence-corrected chi connectivity index (χ3v) is 3.28. The molecule has 0 fully saturated rings. The van der Waals surface area contributed by atoms with Gasteiger partial charge < -0.3 is 10.4 Å². The fourth-order valence-electron chi connectivity index (χ4n) is 1.77. The molecule has 0 amide bonds. The van der Waals surface area contributed by atoms with Gasteiger partial charge in [0.2, 0.25) is 5.82 Å². The van der Waals surface area contributed by atoms with Gasteiger partial charge in [-0.1, -0.05) is 6.92 Å². The molecule has 2 N–H and O–H groups in total. The number of hydrogen-bond donors (Lipinski definition) is 2. The van der Waals surface area contributed by atoms with Gasteiger partial charge in [0.25, 0.3) is 0 Å². The van der Waals surface area contributed by atoms with Gasteiger partial charge in [0.05, 0.1) is 17.1 Å². The lowest BCUT2D eigenvalue weighted by molar-refractivity contribution is -0.384. The maximum absolute atomic E-state index is 11.2. The van der Waals surface area contributed by atoms with Crippen LogP contribution in [0.3, 0.4) is 0 Å². The molecule has 0 saturated heterocycles. The summed E-state index contributed by atoms with van der Waals surface area (Å²) < 4.78 is 1.59. The SMILES string of the molecule is CCC(C)(CO)Nc1c([N+](=O)[O-])c(C)nn1C(C)C. The second kappa shape index (κ2) is 5.56. The van der Waals surface area contributed by atoms with Crippen molar-refractivity contribution < 1.29 is 10.0 Å². The largest absolute Gasteiger partial charge is 0.394 e. The van der Waals surface area contributed by atoms with E-state index in [4.69, 9.17) is 0 Å². The summed E-state index contributed by atoms with van der Waals surface area (Å²) in [5, 5.41) is 27.9. The molecule has 1 heterocycles. The van der Waals surface area contributed by atoms with Crippen molar-refractivity contribution in [3.05, 3.63) is 15.8 Å². The molecule has 19 heavy (non-hydrogen) atoms. The van der Waals surface area contributed by atoms with Crippen LogP contribution in [-0.4, -0.2) is 32.0 Å². The Balaban J connectivity index is 3.34. The first-order valence-corrected chi connectivity index (χ1v) is 6.38. The molecule has 0 saturated carbocycles. The Bertz CT molecular complexity index is 464. The molecule has 1 aromatic heterocycles. The van der Waals surface area contributed by atoms with Crippen LogP contribution in [-0.2, 0) is 0 Å². The van der Waals surface area contributed by atoms with Crippen LogP contribution in [0.5, 0.6) is 0 Å². The summed E-state index contributed by atoms with van der Waals surface area (Å²) in [5.74, 6) is 0.357. The number of aliphatic hydroxyl groups excluding tert-OH is 1. The minimum Gasteiger partial charge on any atom is -0.394 e. The van der Waals surface area contributed by atoms with E-state index in [0.717, 1.165) is 0 Å². The zero-order valence-electron chi connectivity index (χ0n) is 12.1. The highest BCUT2D eigenvalue weighted by Crippen LogP contribution is 2.33. The normalized spacial score (nSPS) is 14.5. The van der Waals surface area contributed by atoms with Crippen molar-refractivity contribution in [3.8, 4) is 0 Å². The average molecular weight is 270 g/mol. The minimum absolute atomic E-state index is 0.00491. The topological polar surface area (TPSA) is 93.2 Å². The second-order valence-corrected chi connectivity index (χ2v) is 5.28. The maximum atomic E-state index is 11.2. The van der Waals surface area contributed by atoms with Crippen LogP contribution in [0, 0.1) is 17.0 Å². The van der Waals surface area contributed by atoms with Crippen molar-refractivity contribution in [1.82, 2.24) is 9.78 Å². The summed E-state index contributed by atoms with van der Waals surface area (Å²) in [5.41, 5.74) is -0.261. The molecule has 1 rings (SSSR count). The van der Waals surface area contributed by atoms with Crippen LogP contribution in [0.4, 0.5) is 11.5 Å². The molecule has 7 nitrogen and oxygen atoms in total. The summed E-state index contributed by atoms with van der Waals surface area (Å²) in [4.78, 5) is 10.8. The van der Waals surface area contributed by atoms with Crippen molar-refractivity contribution >= 4 is 11.5 Å². The Morgan fingerprint density at radius 1 is 1.58 bits per heavy atom. The van der Waals surface area contributed by atoms with Crippen molar-refractivity contribution in [1.29, 1.82) is 0 Å². The van der Waals surface area contributed by atoms with Gasteiger partial charge in [-0.25, -0.2) is 4.68 Å². The molecule has 0 radical (unpaired) electrons. The first kappa shape index (κ1) is 15.4. The number of nitrogens with zero attached hydrogens (tertiary/aromatic N) is 3. The van der Waals surface area contributed by atoms with Crippen molar-refractivity contribution in [2.75, 3.05) is 11.9 Å². The monoisotopic (exact) mass is 270 g/mol. The van der Waals surface area contributed by atoms with Crippen molar-refractivity contribution in [3.63, 3.8) is 0 Å². The lowest BCUT2D eigenvalue weighted by atomic mass is 10.0. The predicted octanol–water partition coefficient (Wildman–Crippen LogP) is 2.25. The fraction of sp³-hybridized carbons (Fsp3) is 0.750. The van der Waals surface area contributed by atoms with Gasteiger partial charge in [-0.15, -0.1) is 0 Å². The Morgan fingerprint density at radius 2 is 2.16 bits per heavy atom. The smallest absolute Gasteiger partial charge is 0.333 e. The molecule has 0 aliphatic carbocycles. The van der Waals surface area contributed by atoms with Crippen LogP contribution in [0.25, 0.3) is 0 Å². The Kier molecular flexibility index (Phi) is 4.52. The van der Waals surface area contributed by atoms with Gasteiger partial charge in [-0.05, 0) is 34.1 Å². The van der Waals surface area contributed by atoms with E-state index in [2.05, 4.69) is 10.4 Å². The third-order valence-electron chi connectivity index (χ3n) is 3.28. The van der Waals surface area contributed by atoms with Gasteiger partial charge in [-0.2, -0.15) is 5.10 Å². The van der Waals surface area contributed by atoms with Crippen LogP contribution in [0.2, 0.25) is 0 Å². The Morgan fingerprint density at radius 3 is 2.53 bits per heavy atom. The standard InChI is InChI=1S/C12H22N4O3/c1-6-12(5,7-17)13-11-10(16(18)19)9(4)14-15(11)8(2)3/h8,13,17H,6-7H2,1-5H3. The molecule has 0 bridgehead atoms. The number of aliphatic hydroxyl groups is 1. The van der Waals surface area contributed by atoms with Crippen LogP contribution >= 0.6 is 0 Å². The molecule has 7 heteroatoms. The summed E-state index contributed by atoms with van der Waals surface area (Å²) in [6.07, 6.45) is 0.642. The highest BCUT2D eigenvalue weighted by atomic mass is 16.6. The number of hydrogen-bond acceptors (Lipinski definition) is 5. The van der Waals surface area contributed by atoms with E-state index in [1.54, 1.807) is 11.6 Å². The first-order valence-electron chi connectivity index (χ1n) is 6.38. The Labute approximate surface area is 112 Å². The van der Waals surface area contributed by atoms with E-state index in [1.165, 1.54) is 0 Å². The van der Waals surface area contributed by atoms with Gasteiger partial charge in [0.1, 0.15) is 5.69 Å². The molecule has 108 valence electrons. The van der Waals surface area contributed by atoms with Crippen molar-refractivity contribution in [2.24, 2.45) is 0 Å². The maximum Gasteiger partial charge on any atom is 0.333 e. The van der Waals surface area contributed by atoms with Gasteiger partial charge in [-0.3, -0.25) is 10.1 Å². The number of rotatable bonds is 6.